The van der Waals surface area contributed by atoms with Gasteiger partial charge in [-0.15, -0.1) is 10.2 Å². The minimum Gasteiger partial charge on any atom is -0.494 e. The number of amides is 1. The van der Waals surface area contributed by atoms with Gasteiger partial charge in [-0.05, 0) is 30.5 Å². The van der Waals surface area contributed by atoms with Crippen LogP contribution in [0.3, 0.4) is 0 Å². The van der Waals surface area contributed by atoms with Gasteiger partial charge in [0.05, 0.1) is 13.0 Å². The molecule has 0 radical (unpaired) electrons. The number of nitrogens with zero attached hydrogens (tertiary/aromatic N) is 6. The summed E-state index contributed by atoms with van der Waals surface area (Å²) in [5.41, 5.74) is 2.14. The lowest BCUT2D eigenvalue weighted by atomic mass is 10.1. The molecule has 158 valence electrons. The number of hydrogen-bond acceptors (Lipinski definition) is 6. The van der Waals surface area contributed by atoms with E-state index >= 15 is 0 Å². The van der Waals surface area contributed by atoms with Gasteiger partial charge in [-0.3, -0.25) is 9.20 Å². The van der Waals surface area contributed by atoms with Crippen LogP contribution in [0.5, 0.6) is 5.75 Å². The van der Waals surface area contributed by atoms with Gasteiger partial charge in [0.25, 0.3) is 5.78 Å². The Kier molecular flexibility index (Phi) is 5.83. The molecule has 2 aromatic heterocycles. The first kappa shape index (κ1) is 20.1. The third-order valence-electron chi connectivity index (χ3n) is 5.44. The maximum atomic E-state index is 12.7. The SMILES string of the molecule is CCOc1ccc(CC(=O)N2CCN(c3cc(C(C)C)n4cnnc4n3)CC2)cc1. The van der Waals surface area contributed by atoms with E-state index in [1.165, 1.54) is 0 Å². The summed E-state index contributed by atoms with van der Waals surface area (Å²) in [6, 6.07) is 9.87. The molecule has 1 fully saturated rings. The highest BCUT2D eigenvalue weighted by Crippen LogP contribution is 2.22. The second-order valence-corrected chi connectivity index (χ2v) is 7.82. The quantitative estimate of drug-likeness (QED) is 0.624. The highest BCUT2D eigenvalue weighted by Gasteiger charge is 2.23. The van der Waals surface area contributed by atoms with Crippen molar-refractivity contribution in [3.8, 4) is 5.75 Å². The van der Waals surface area contributed by atoms with Crippen molar-refractivity contribution in [3.05, 3.63) is 47.9 Å². The first-order chi connectivity index (χ1) is 14.5. The number of piperazine rings is 1. The summed E-state index contributed by atoms with van der Waals surface area (Å²) in [5.74, 6) is 2.84. The van der Waals surface area contributed by atoms with Gasteiger partial charge < -0.3 is 14.5 Å². The summed E-state index contributed by atoms with van der Waals surface area (Å²) < 4.78 is 7.40. The summed E-state index contributed by atoms with van der Waals surface area (Å²) in [6.07, 6.45) is 2.12. The molecule has 1 aliphatic heterocycles. The zero-order chi connectivity index (χ0) is 21.1. The number of anilines is 1. The van der Waals surface area contributed by atoms with E-state index in [-0.39, 0.29) is 5.91 Å². The first-order valence-corrected chi connectivity index (χ1v) is 10.5. The van der Waals surface area contributed by atoms with Gasteiger partial charge in [0.2, 0.25) is 5.91 Å². The van der Waals surface area contributed by atoms with E-state index in [0.717, 1.165) is 35.9 Å². The zero-order valence-corrected chi connectivity index (χ0v) is 17.8. The number of benzene rings is 1. The van der Waals surface area contributed by atoms with Crippen molar-refractivity contribution in [3.63, 3.8) is 0 Å². The third-order valence-corrected chi connectivity index (χ3v) is 5.44. The standard InChI is InChI=1S/C22H28N6O2/c1-4-30-18-7-5-17(6-8-18)13-21(29)27-11-9-26(10-12-27)20-14-19(16(2)3)28-15-23-25-22(28)24-20/h5-8,14-16H,4,9-13H2,1-3H3. The highest BCUT2D eigenvalue weighted by molar-refractivity contribution is 5.79. The predicted molar refractivity (Wildman–Crippen MR) is 115 cm³/mol. The number of carbonyl (C=O) groups is 1. The average molecular weight is 409 g/mol. The van der Waals surface area contributed by atoms with Crippen molar-refractivity contribution in [2.75, 3.05) is 37.7 Å². The lowest BCUT2D eigenvalue weighted by molar-refractivity contribution is -0.130. The van der Waals surface area contributed by atoms with Crippen molar-refractivity contribution < 1.29 is 9.53 Å². The van der Waals surface area contributed by atoms with Gasteiger partial charge in [-0.1, -0.05) is 26.0 Å². The molecule has 8 nitrogen and oxygen atoms in total. The van der Waals surface area contributed by atoms with Gasteiger partial charge >= 0.3 is 0 Å². The molecule has 0 spiro atoms. The molecule has 1 aromatic carbocycles. The lowest BCUT2D eigenvalue weighted by Gasteiger charge is -2.35. The fraction of sp³-hybridized carbons (Fsp3) is 0.455. The van der Waals surface area contributed by atoms with Crippen LogP contribution in [0.15, 0.2) is 36.7 Å². The Morgan fingerprint density at radius 1 is 1.13 bits per heavy atom. The molecule has 1 amide bonds. The molecule has 0 bridgehead atoms. The highest BCUT2D eigenvalue weighted by atomic mass is 16.5. The summed E-state index contributed by atoms with van der Waals surface area (Å²) >= 11 is 0. The topological polar surface area (TPSA) is 75.9 Å². The second kappa shape index (κ2) is 8.69. The molecule has 4 rings (SSSR count). The molecule has 0 saturated carbocycles. The van der Waals surface area contributed by atoms with Crippen LogP contribution in [0, 0.1) is 0 Å². The van der Waals surface area contributed by atoms with Crippen LogP contribution in [0.25, 0.3) is 5.78 Å². The van der Waals surface area contributed by atoms with Crippen molar-refractivity contribution in [2.45, 2.75) is 33.1 Å². The minimum absolute atomic E-state index is 0.155. The Balaban J connectivity index is 1.39. The summed E-state index contributed by atoms with van der Waals surface area (Å²) in [6.45, 7) is 9.78. The van der Waals surface area contributed by atoms with Crippen LogP contribution in [0.2, 0.25) is 0 Å². The van der Waals surface area contributed by atoms with E-state index in [1.807, 2.05) is 40.5 Å². The second-order valence-electron chi connectivity index (χ2n) is 7.82. The molecular weight excluding hydrogens is 380 g/mol. The van der Waals surface area contributed by atoms with Crippen LogP contribution in [-0.4, -0.2) is 63.2 Å². The van der Waals surface area contributed by atoms with Gasteiger partial charge in [-0.2, -0.15) is 4.98 Å². The molecule has 0 atom stereocenters. The Bertz CT molecular complexity index is 1010. The monoisotopic (exact) mass is 408 g/mol. The molecule has 0 unspecified atom stereocenters. The number of hydrogen-bond donors (Lipinski definition) is 0. The molecular formula is C22H28N6O2. The largest absolute Gasteiger partial charge is 0.494 e. The van der Waals surface area contributed by atoms with Crippen molar-refractivity contribution in [2.24, 2.45) is 0 Å². The maximum absolute atomic E-state index is 12.7. The van der Waals surface area contributed by atoms with Gasteiger partial charge in [0, 0.05) is 37.9 Å². The molecule has 3 heterocycles. The van der Waals surface area contributed by atoms with E-state index in [2.05, 4.69) is 40.0 Å². The van der Waals surface area contributed by atoms with Gasteiger partial charge in [-0.25, -0.2) is 0 Å². The fourth-order valence-corrected chi connectivity index (χ4v) is 3.77. The Morgan fingerprint density at radius 3 is 2.53 bits per heavy atom. The Labute approximate surface area is 176 Å². The Morgan fingerprint density at radius 2 is 1.87 bits per heavy atom. The van der Waals surface area contributed by atoms with Crippen molar-refractivity contribution in [1.29, 1.82) is 0 Å². The van der Waals surface area contributed by atoms with E-state index in [4.69, 9.17) is 4.74 Å². The van der Waals surface area contributed by atoms with Crippen LogP contribution >= 0.6 is 0 Å². The predicted octanol–water partition coefficient (Wildman–Crippen LogP) is 2.54. The zero-order valence-electron chi connectivity index (χ0n) is 17.8. The van der Waals surface area contributed by atoms with Crippen LogP contribution in [-0.2, 0) is 11.2 Å². The van der Waals surface area contributed by atoms with Crippen molar-refractivity contribution in [1.82, 2.24) is 24.5 Å². The molecule has 0 aliphatic carbocycles. The number of rotatable bonds is 6. The minimum atomic E-state index is 0.155. The maximum Gasteiger partial charge on any atom is 0.256 e. The van der Waals surface area contributed by atoms with E-state index in [0.29, 0.717) is 37.8 Å². The van der Waals surface area contributed by atoms with Crippen LogP contribution in [0.1, 0.15) is 37.9 Å². The number of aromatic nitrogens is 4. The Hall–Kier alpha value is -3.16. The summed E-state index contributed by atoms with van der Waals surface area (Å²) in [7, 11) is 0. The van der Waals surface area contributed by atoms with Crippen molar-refractivity contribution >= 4 is 17.5 Å². The van der Waals surface area contributed by atoms with Crippen LogP contribution < -0.4 is 9.64 Å². The first-order valence-electron chi connectivity index (χ1n) is 10.5. The van der Waals surface area contributed by atoms with Gasteiger partial charge in [0.15, 0.2) is 0 Å². The van der Waals surface area contributed by atoms with Gasteiger partial charge in [0.1, 0.15) is 17.9 Å². The fourth-order valence-electron chi connectivity index (χ4n) is 3.77. The normalized spacial score (nSPS) is 14.5. The molecule has 30 heavy (non-hydrogen) atoms. The third kappa shape index (κ3) is 4.22. The summed E-state index contributed by atoms with van der Waals surface area (Å²) in [4.78, 5) is 21.6. The molecule has 3 aromatic rings. The van der Waals surface area contributed by atoms with E-state index in [1.54, 1.807) is 6.33 Å². The number of fused-ring (bicyclic) bond motifs is 1. The molecule has 1 aliphatic rings. The lowest BCUT2D eigenvalue weighted by Crippen LogP contribution is -2.49. The smallest absolute Gasteiger partial charge is 0.256 e. The van der Waals surface area contributed by atoms with Crippen LogP contribution in [0.4, 0.5) is 5.82 Å². The average Bonchev–Trinajstić information content (AvgIpc) is 3.23. The van der Waals surface area contributed by atoms with E-state index < -0.39 is 0 Å². The molecule has 0 N–H and O–H groups in total. The summed E-state index contributed by atoms with van der Waals surface area (Å²) in [5, 5.41) is 8.12. The van der Waals surface area contributed by atoms with E-state index in [9.17, 15) is 4.79 Å². The number of carbonyl (C=O) groups excluding carboxylic acids is 1. The number of ether oxygens (including phenoxy) is 1. The molecule has 1 saturated heterocycles. The molecule has 8 heteroatoms.